The standard InChI is InChI=1S/C11H12N2O3/c14-10(8-4-2-1-3-5-8)12-9-6-7-16-13-11(9)15/h1-5,9H,6-7H2,(H,12,14)(H,13,15). The predicted octanol–water partition coefficient (Wildman–Crippen LogP) is 0.236. The molecule has 1 heterocycles. The normalized spacial score (nSPS) is 20.0. The van der Waals surface area contributed by atoms with Gasteiger partial charge in [0, 0.05) is 12.0 Å². The van der Waals surface area contributed by atoms with Gasteiger partial charge in [-0.05, 0) is 12.1 Å². The molecule has 0 aromatic heterocycles. The van der Waals surface area contributed by atoms with E-state index in [1.165, 1.54) is 0 Å². The Morgan fingerprint density at radius 1 is 1.38 bits per heavy atom. The molecule has 5 nitrogen and oxygen atoms in total. The van der Waals surface area contributed by atoms with Gasteiger partial charge in [0.05, 0.1) is 6.61 Å². The minimum atomic E-state index is -0.513. The molecule has 1 aliphatic heterocycles. The van der Waals surface area contributed by atoms with E-state index in [1.54, 1.807) is 24.3 Å². The van der Waals surface area contributed by atoms with Gasteiger partial charge >= 0.3 is 0 Å². The van der Waals surface area contributed by atoms with Crippen molar-refractivity contribution in [3.05, 3.63) is 35.9 Å². The Morgan fingerprint density at radius 3 is 2.81 bits per heavy atom. The first-order chi connectivity index (χ1) is 7.77. The first-order valence-corrected chi connectivity index (χ1v) is 5.05. The molecule has 16 heavy (non-hydrogen) atoms. The molecule has 1 aromatic rings. The minimum Gasteiger partial charge on any atom is -0.340 e. The highest BCUT2D eigenvalue weighted by Crippen LogP contribution is 2.03. The molecule has 1 aromatic carbocycles. The average molecular weight is 220 g/mol. The van der Waals surface area contributed by atoms with Gasteiger partial charge in [-0.2, -0.15) is 0 Å². The molecular weight excluding hydrogens is 208 g/mol. The molecule has 1 saturated heterocycles. The summed E-state index contributed by atoms with van der Waals surface area (Å²) in [5.74, 6) is -0.557. The van der Waals surface area contributed by atoms with E-state index < -0.39 is 6.04 Å². The summed E-state index contributed by atoms with van der Waals surface area (Å²) >= 11 is 0. The fraction of sp³-hybridized carbons (Fsp3) is 0.273. The Bertz CT molecular complexity index is 391. The maximum absolute atomic E-state index is 11.7. The van der Waals surface area contributed by atoms with Crippen molar-refractivity contribution in [1.29, 1.82) is 0 Å². The van der Waals surface area contributed by atoms with E-state index in [0.717, 1.165) is 0 Å². The second kappa shape index (κ2) is 4.76. The Kier molecular flexibility index (Phi) is 3.16. The lowest BCUT2D eigenvalue weighted by atomic mass is 10.1. The summed E-state index contributed by atoms with van der Waals surface area (Å²) in [6.45, 7) is 0.408. The molecule has 0 aliphatic carbocycles. The lowest BCUT2D eigenvalue weighted by Gasteiger charge is -2.22. The second-order valence-electron chi connectivity index (χ2n) is 3.50. The number of hydrogen-bond donors (Lipinski definition) is 2. The van der Waals surface area contributed by atoms with Crippen molar-refractivity contribution in [2.75, 3.05) is 6.61 Å². The molecule has 0 radical (unpaired) electrons. The lowest BCUT2D eigenvalue weighted by molar-refractivity contribution is -0.141. The van der Waals surface area contributed by atoms with Gasteiger partial charge in [-0.3, -0.25) is 14.4 Å². The van der Waals surface area contributed by atoms with Crippen molar-refractivity contribution in [3.63, 3.8) is 0 Å². The Hall–Kier alpha value is -1.88. The van der Waals surface area contributed by atoms with Gasteiger partial charge in [0.15, 0.2) is 0 Å². The van der Waals surface area contributed by atoms with Gasteiger partial charge < -0.3 is 5.32 Å². The minimum absolute atomic E-state index is 0.248. The number of carbonyl (C=O) groups excluding carboxylic acids is 2. The Labute approximate surface area is 92.7 Å². The third-order valence-corrected chi connectivity index (χ3v) is 2.34. The average Bonchev–Trinajstić information content (AvgIpc) is 2.33. The van der Waals surface area contributed by atoms with Gasteiger partial charge in [-0.25, -0.2) is 5.48 Å². The van der Waals surface area contributed by atoms with E-state index in [0.29, 0.717) is 18.6 Å². The fourth-order valence-corrected chi connectivity index (χ4v) is 1.47. The van der Waals surface area contributed by atoms with Crippen LogP contribution in [0.4, 0.5) is 0 Å². The molecule has 2 N–H and O–H groups in total. The van der Waals surface area contributed by atoms with E-state index in [-0.39, 0.29) is 11.8 Å². The zero-order valence-corrected chi connectivity index (χ0v) is 8.60. The number of hydrogen-bond acceptors (Lipinski definition) is 3. The molecule has 5 heteroatoms. The van der Waals surface area contributed by atoms with Crippen LogP contribution in [0.1, 0.15) is 16.8 Å². The van der Waals surface area contributed by atoms with Gasteiger partial charge in [-0.1, -0.05) is 18.2 Å². The molecule has 0 saturated carbocycles. The topological polar surface area (TPSA) is 67.4 Å². The summed E-state index contributed by atoms with van der Waals surface area (Å²) < 4.78 is 0. The molecule has 2 amide bonds. The number of rotatable bonds is 2. The van der Waals surface area contributed by atoms with Crippen LogP contribution in [0.5, 0.6) is 0 Å². The van der Waals surface area contributed by atoms with E-state index in [1.807, 2.05) is 6.07 Å². The summed E-state index contributed by atoms with van der Waals surface area (Å²) in [6, 6.07) is 8.27. The summed E-state index contributed by atoms with van der Waals surface area (Å²) in [5, 5.41) is 2.65. The third-order valence-electron chi connectivity index (χ3n) is 2.34. The van der Waals surface area contributed by atoms with Gasteiger partial charge in [0.25, 0.3) is 11.8 Å². The second-order valence-corrected chi connectivity index (χ2v) is 3.50. The zero-order valence-electron chi connectivity index (χ0n) is 8.60. The number of benzene rings is 1. The number of nitrogens with one attached hydrogen (secondary N) is 2. The SMILES string of the molecule is O=C(NC1CCONC1=O)c1ccccc1. The summed E-state index contributed by atoms with van der Waals surface area (Å²) in [5.41, 5.74) is 2.78. The van der Waals surface area contributed by atoms with E-state index in [4.69, 9.17) is 4.84 Å². The fourth-order valence-electron chi connectivity index (χ4n) is 1.47. The van der Waals surface area contributed by atoms with Crippen molar-refractivity contribution in [2.45, 2.75) is 12.5 Å². The molecule has 1 atom stereocenters. The summed E-state index contributed by atoms with van der Waals surface area (Å²) in [4.78, 5) is 27.8. The summed E-state index contributed by atoms with van der Waals surface area (Å²) in [7, 11) is 0. The summed E-state index contributed by atoms with van der Waals surface area (Å²) in [6.07, 6.45) is 0.490. The van der Waals surface area contributed by atoms with Crippen LogP contribution in [-0.4, -0.2) is 24.5 Å². The van der Waals surface area contributed by atoms with Crippen molar-refractivity contribution < 1.29 is 14.4 Å². The van der Waals surface area contributed by atoms with E-state index >= 15 is 0 Å². The zero-order chi connectivity index (χ0) is 11.4. The third kappa shape index (κ3) is 2.38. The Morgan fingerprint density at radius 2 is 2.12 bits per heavy atom. The lowest BCUT2D eigenvalue weighted by Crippen LogP contribution is -2.50. The van der Waals surface area contributed by atoms with Gasteiger partial charge in [0.2, 0.25) is 0 Å². The highest BCUT2D eigenvalue weighted by molar-refractivity contribution is 5.97. The van der Waals surface area contributed by atoms with Crippen LogP contribution in [0.2, 0.25) is 0 Å². The monoisotopic (exact) mass is 220 g/mol. The smallest absolute Gasteiger partial charge is 0.266 e. The maximum Gasteiger partial charge on any atom is 0.266 e. The molecule has 1 aliphatic rings. The van der Waals surface area contributed by atoms with Gasteiger partial charge in [0.1, 0.15) is 6.04 Å². The molecule has 0 bridgehead atoms. The highest BCUT2D eigenvalue weighted by atomic mass is 16.7. The number of amides is 2. The van der Waals surface area contributed by atoms with Crippen molar-refractivity contribution >= 4 is 11.8 Å². The molecule has 84 valence electrons. The largest absolute Gasteiger partial charge is 0.340 e. The number of hydroxylamine groups is 1. The Balaban J connectivity index is 1.99. The van der Waals surface area contributed by atoms with Crippen LogP contribution in [0, 0.1) is 0 Å². The first-order valence-electron chi connectivity index (χ1n) is 5.05. The molecule has 2 rings (SSSR count). The van der Waals surface area contributed by atoms with Crippen LogP contribution in [0.3, 0.4) is 0 Å². The molecular formula is C11H12N2O3. The molecule has 1 fully saturated rings. The van der Waals surface area contributed by atoms with Crippen molar-refractivity contribution in [1.82, 2.24) is 10.8 Å². The van der Waals surface area contributed by atoms with E-state index in [2.05, 4.69) is 10.8 Å². The van der Waals surface area contributed by atoms with Crippen molar-refractivity contribution in [3.8, 4) is 0 Å². The van der Waals surface area contributed by atoms with Crippen LogP contribution in [-0.2, 0) is 9.63 Å². The molecule has 0 spiro atoms. The predicted molar refractivity (Wildman–Crippen MR) is 56.4 cm³/mol. The maximum atomic E-state index is 11.7. The van der Waals surface area contributed by atoms with Crippen LogP contribution >= 0.6 is 0 Å². The van der Waals surface area contributed by atoms with Crippen molar-refractivity contribution in [2.24, 2.45) is 0 Å². The first kappa shape index (κ1) is 10.6. The van der Waals surface area contributed by atoms with Crippen LogP contribution < -0.4 is 10.8 Å². The number of carbonyl (C=O) groups is 2. The van der Waals surface area contributed by atoms with Crippen LogP contribution in [0.25, 0.3) is 0 Å². The highest BCUT2D eigenvalue weighted by Gasteiger charge is 2.24. The molecule has 1 unspecified atom stereocenters. The van der Waals surface area contributed by atoms with E-state index in [9.17, 15) is 9.59 Å². The van der Waals surface area contributed by atoms with Gasteiger partial charge in [-0.15, -0.1) is 0 Å². The van der Waals surface area contributed by atoms with Crippen LogP contribution in [0.15, 0.2) is 30.3 Å². The quantitative estimate of drug-likeness (QED) is 0.750.